The number of furan rings is 1. The van der Waals surface area contributed by atoms with E-state index in [-0.39, 0.29) is 17.4 Å². The molecule has 0 radical (unpaired) electrons. The molecule has 2 aromatic rings. The van der Waals surface area contributed by atoms with E-state index >= 15 is 0 Å². The average molecular weight is 336 g/mol. The minimum Gasteiger partial charge on any atom is -0.493 e. The summed E-state index contributed by atoms with van der Waals surface area (Å²) in [4.78, 5) is 23.1. The van der Waals surface area contributed by atoms with Crippen LogP contribution in [0.25, 0.3) is 0 Å². The maximum absolute atomic E-state index is 12.3. The number of carboxylic acids is 1. The highest BCUT2D eigenvalue weighted by atomic mass is 35.5. The molecular weight excluding hydrogens is 322 g/mol. The van der Waals surface area contributed by atoms with Crippen LogP contribution in [0, 0.1) is 0 Å². The lowest BCUT2D eigenvalue weighted by molar-refractivity contribution is 0.0695. The van der Waals surface area contributed by atoms with Gasteiger partial charge in [0.1, 0.15) is 12.0 Å². The molecular formula is C16H14ClNO5. The summed E-state index contributed by atoms with van der Waals surface area (Å²) in [6.45, 7) is 0.545. The molecule has 0 saturated carbocycles. The second-order valence-corrected chi connectivity index (χ2v) is 5.64. The highest BCUT2D eigenvalue weighted by molar-refractivity contribution is 6.30. The van der Waals surface area contributed by atoms with E-state index in [4.69, 9.17) is 25.9 Å². The Bertz CT molecular complexity index is 755. The van der Waals surface area contributed by atoms with Crippen molar-refractivity contribution < 1.29 is 23.8 Å². The lowest BCUT2D eigenvalue weighted by Crippen LogP contribution is -2.28. The van der Waals surface area contributed by atoms with Crippen molar-refractivity contribution in [2.24, 2.45) is 0 Å². The van der Waals surface area contributed by atoms with Gasteiger partial charge in [-0.3, -0.25) is 4.79 Å². The van der Waals surface area contributed by atoms with Gasteiger partial charge in [0, 0.05) is 16.7 Å². The number of rotatable bonds is 3. The van der Waals surface area contributed by atoms with Crippen LogP contribution < -0.4 is 10.1 Å². The molecule has 0 unspecified atom stereocenters. The first kappa shape index (κ1) is 15.4. The Morgan fingerprint density at radius 1 is 1.30 bits per heavy atom. The maximum atomic E-state index is 12.3. The highest BCUT2D eigenvalue weighted by Crippen LogP contribution is 2.33. The summed E-state index contributed by atoms with van der Waals surface area (Å²) in [5.74, 6) is -1.00. The van der Waals surface area contributed by atoms with Gasteiger partial charge in [0.05, 0.1) is 18.2 Å². The average Bonchev–Trinajstić information content (AvgIpc) is 2.93. The van der Waals surface area contributed by atoms with Gasteiger partial charge in [-0.05, 0) is 25.0 Å². The largest absolute Gasteiger partial charge is 0.493 e. The zero-order valence-electron chi connectivity index (χ0n) is 12.0. The molecule has 1 amide bonds. The molecule has 6 nitrogen and oxygen atoms in total. The Kier molecular flexibility index (Phi) is 4.25. The quantitative estimate of drug-likeness (QED) is 0.898. The van der Waals surface area contributed by atoms with Crippen LogP contribution in [0.2, 0.25) is 5.02 Å². The van der Waals surface area contributed by atoms with Crippen molar-refractivity contribution in [1.29, 1.82) is 0 Å². The Balaban J connectivity index is 1.81. The minimum atomic E-state index is -1.14. The molecule has 1 atom stereocenters. The zero-order chi connectivity index (χ0) is 16.4. The number of ether oxygens (including phenoxy) is 1. The number of amides is 1. The molecule has 0 spiro atoms. The molecule has 2 N–H and O–H groups in total. The van der Waals surface area contributed by atoms with Crippen molar-refractivity contribution in [1.82, 2.24) is 5.32 Å². The van der Waals surface area contributed by atoms with E-state index in [9.17, 15) is 9.59 Å². The van der Waals surface area contributed by atoms with E-state index in [0.29, 0.717) is 23.8 Å². The third-order valence-corrected chi connectivity index (χ3v) is 3.86. The van der Waals surface area contributed by atoms with Gasteiger partial charge >= 0.3 is 5.97 Å². The van der Waals surface area contributed by atoms with Gasteiger partial charge in [0.25, 0.3) is 5.91 Å². The van der Waals surface area contributed by atoms with E-state index in [2.05, 4.69) is 5.32 Å². The van der Waals surface area contributed by atoms with Crippen molar-refractivity contribution in [3.05, 3.63) is 52.4 Å². The number of benzene rings is 1. The van der Waals surface area contributed by atoms with E-state index in [0.717, 1.165) is 18.2 Å². The van der Waals surface area contributed by atoms with Crippen molar-refractivity contribution in [2.45, 2.75) is 18.9 Å². The SMILES string of the molecule is O=C(O)c1coc(C(=O)N[C@@H]2CCCOc3cc(Cl)ccc32)c1. The Morgan fingerprint density at radius 3 is 2.87 bits per heavy atom. The fourth-order valence-corrected chi connectivity index (χ4v) is 2.66. The number of fused-ring (bicyclic) bond motifs is 1. The summed E-state index contributed by atoms with van der Waals surface area (Å²) >= 11 is 5.97. The molecule has 120 valence electrons. The van der Waals surface area contributed by atoms with Crippen LogP contribution in [0.4, 0.5) is 0 Å². The van der Waals surface area contributed by atoms with Crippen molar-refractivity contribution in [3.8, 4) is 5.75 Å². The number of carboxylic acid groups (broad SMARTS) is 1. The van der Waals surface area contributed by atoms with E-state index in [1.807, 2.05) is 6.07 Å². The lowest BCUT2D eigenvalue weighted by Gasteiger charge is -2.17. The molecule has 1 aliphatic heterocycles. The lowest BCUT2D eigenvalue weighted by atomic mass is 10.0. The number of aromatic carboxylic acids is 1. The third-order valence-electron chi connectivity index (χ3n) is 3.62. The number of hydrogen-bond donors (Lipinski definition) is 2. The molecule has 0 fully saturated rings. The summed E-state index contributed by atoms with van der Waals surface area (Å²) in [7, 11) is 0. The van der Waals surface area contributed by atoms with Crippen LogP contribution in [0.3, 0.4) is 0 Å². The van der Waals surface area contributed by atoms with Crippen LogP contribution in [0.15, 0.2) is 34.9 Å². The number of halogens is 1. The summed E-state index contributed by atoms with van der Waals surface area (Å²) in [6, 6.07) is 6.22. The van der Waals surface area contributed by atoms with Crippen LogP contribution >= 0.6 is 11.6 Å². The summed E-state index contributed by atoms with van der Waals surface area (Å²) < 4.78 is 10.7. The third kappa shape index (κ3) is 3.32. The van der Waals surface area contributed by atoms with Crippen molar-refractivity contribution in [3.63, 3.8) is 0 Å². The van der Waals surface area contributed by atoms with Gasteiger partial charge in [-0.2, -0.15) is 0 Å². The van der Waals surface area contributed by atoms with Gasteiger partial charge in [0.15, 0.2) is 5.76 Å². The minimum absolute atomic E-state index is 0.0388. The number of carbonyl (C=O) groups excluding carboxylic acids is 1. The highest BCUT2D eigenvalue weighted by Gasteiger charge is 2.24. The first-order chi connectivity index (χ1) is 11.0. The smallest absolute Gasteiger partial charge is 0.338 e. The van der Waals surface area contributed by atoms with Gasteiger partial charge in [-0.15, -0.1) is 0 Å². The Morgan fingerprint density at radius 2 is 2.13 bits per heavy atom. The van der Waals surface area contributed by atoms with Gasteiger partial charge in [-0.1, -0.05) is 17.7 Å². The Hall–Kier alpha value is -2.47. The molecule has 0 saturated heterocycles. The monoisotopic (exact) mass is 335 g/mol. The Labute approximate surface area is 137 Å². The summed E-state index contributed by atoms with van der Waals surface area (Å²) in [5.41, 5.74) is 0.775. The van der Waals surface area contributed by atoms with Gasteiger partial charge in [0.2, 0.25) is 0 Å². The van der Waals surface area contributed by atoms with E-state index in [1.54, 1.807) is 12.1 Å². The fraction of sp³-hybridized carbons (Fsp3) is 0.250. The van der Waals surface area contributed by atoms with E-state index < -0.39 is 11.9 Å². The number of carbonyl (C=O) groups is 2. The fourth-order valence-electron chi connectivity index (χ4n) is 2.49. The second kappa shape index (κ2) is 6.34. The summed E-state index contributed by atoms with van der Waals surface area (Å²) in [5, 5.41) is 12.3. The molecule has 7 heteroatoms. The molecule has 0 bridgehead atoms. The molecule has 0 aliphatic carbocycles. The van der Waals surface area contributed by atoms with Crippen LogP contribution in [0.5, 0.6) is 5.75 Å². The van der Waals surface area contributed by atoms with Crippen LogP contribution in [-0.2, 0) is 0 Å². The van der Waals surface area contributed by atoms with Crippen molar-refractivity contribution in [2.75, 3.05) is 6.61 Å². The molecule has 1 aromatic carbocycles. The predicted octanol–water partition coefficient (Wildman–Crippen LogP) is 3.27. The number of hydrogen-bond acceptors (Lipinski definition) is 4. The first-order valence-electron chi connectivity index (χ1n) is 7.09. The van der Waals surface area contributed by atoms with Gasteiger partial charge in [-0.25, -0.2) is 4.79 Å². The predicted molar refractivity (Wildman–Crippen MR) is 82.1 cm³/mol. The molecule has 2 heterocycles. The zero-order valence-corrected chi connectivity index (χ0v) is 12.8. The van der Waals surface area contributed by atoms with E-state index in [1.165, 1.54) is 6.07 Å². The van der Waals surface area contributed by atoms with Crippen LogP contribution in [0.1, 0.15) is 45.4 Å². The molecule has 1 aliphatic rings. The van der Waals surface area contributed by atoms with Crippen LogP contribution in [-0.4, -0.2) is 23.6 Å². The van der Waals surface area contributed by atoms with Gasteiger partial charge < -0.3 is 19.6 Å². The molecule has 3 rings (SSSR count). The number of nitrogens with one attached hydrogen (secondary N) is 1. The first-order valence-corrected chi connectivity index (χ1v) is 7.47. The standard InChI is InChI=1S/C16H14ClNO5/c17-10-3-4-11-12(2-1-5-22-13(11)7-10)18-15(19)14-6-9(8-23-14)16(20)21/h3-4,6-8,12H,1-2,5H2,(H,18,19)(H,20,21)/t12-/m1/s1. The normalized spacial score (nSPS) is 16.8. The van der Waals surface area contributed by atoms with Crippen molar-refractivity contribution >= 4 is 23.5 Å². The molecule has 1 aromatic heterocycles. The molecule has 23 heavy (non-hydrogen) atoms. The second-order valence-electron chi connectivity index (χ2n) is 5.20. The topological polar surface area (TPSA) is 88.8 Å². The maximum Gasteiger partial charge on any atom is 0.338 e. The summed E-state index contributed by atoms with van der Waals surface area (Å²) in [6.07, 6.45) is 2.52.